The minimum atomic E-state index is 1.13. The van der Waals surface area contributed by atoms with Crippen LogP contribution in [0.2, 0.25) is 0 Å². The Morgan fingerprint density at radius 1 is 0.286 bits per heavy atom. The van der Waals surface area contributed by atoms with Crippen molar-refractivity contribution >= 4 is 90.9 Å². The van der Waals surface area contributed by atoms with Crippen LogP contribution in [0.3, 0.4) is 0 Å². The Morgan fingerprint density at radius 2 is 0.816 bits per heavy atom. The van der Waals surface area contributed by atoms with E-state index < -0.39 is 0 Å². The first-order valence-corrected chi connectivity index (χ1v) is 18.2. The van der Waals surface area contributed by atoms with E-state index in [9.17, 15) is 0 Å². The third-order valence-corrected chi connectivity index (χ3v) is 11.9. The van der Waals surface area contributed by atoms with Crippen molar-refractivity contribution in [3.63, 3.8) is 0 Å². The minimum absolute atomic E-state index is 1.13. The Labute approximate surface area is 292 Å². The molecular formula is C46H29NS2. The normalized spacial score (nSPS) is 11.7. The molecule has 2 aromatic heterocycles. The molecule has 10 aromatic rings. The lowest BCUT2D eigenvalue weighted by Gasteiger charge is -2.26. The SMILES string of the molecule is c1cc(-c2ccc3ccccc3c2)cc(N(c2cccc(-c3ccc4sc5ccccc5c4c3)c2)c2ccc3c(c2)sc2ccccc23)c1. The average Bonchev–Trinajstić information content (AvgIpc) is 3.73. The molecule has 8 aromatic carbocycles. The van der Waals surface area contributed by atoms with Crippen LogP contribution in [0.4, 0.5) is 17.1 Å². The zero-order valence-corrected chi connectivity index (χ0v) is 28.1. The van der Waals surface area contributed by atoms with Gasteiger partial charge in [-0.3, -0.25) is 0 Å². The number of hydrogen-bond acceptors (Lipinski definition) is 3. The summed E-state index contributed by atoms with van der Waals surface area (Å²) in [4.78, 5) is 2.41. The maximum atomic E-state index is 2.41. The zero-order chi connectivity index (χ0) is 32.3. The van der Waals surface area contributed by atoms with Crippen LogP contribution in [0.1, 0.15) is 0 Å². The molecule has 0 fully saturated rings. The minimum Gasteiger partial charge on any atom is -0.310 e. The highest BCUT2D eigenvalue weighted by molar-refractivity contribution is 7.26. The van der Waals surface area contributed by atoms with E-state index in [1.54, 1.807) is 0 Å². The van der Waals surface area contributed by atoms with Crippen molar-refractivity contribution in [2.45, 2.75) is 0 Å². The van der Waals surface area contributed by atoms with Gasteiger partial charge in [-0.2, -0.15) is 0 Å². The zero-order valence-electron chi connectivity index (χ0n) is 26.5. The van der Waals surface area contributed by atoms with E-state index in [4.69, 9.17) is 0 Å². The Balaban J connectivity index is 1.14. The first-order chi connectivity index (χ1) is 24.2. The number of rotatable bonds is 5. The Hall–Kier alpha value is -5.74. The Kier molecular flexibility index (Phi) is 6.61. The van der Waals surface area contributed by atoms with Gasteiger partial charge < -0.3 is 4.90 Å². The van der Waals surface area contributed by atoms with Crippen molar-refractivity contribution in [3.8, 4) is 22.3 Å². The van der Waals surface area contributed by atoms with Gasteiger partial charge in [0, 0.05) is 57.4 Å². The van der Waals surface area contributed by atoms with Crippen LogP contribution in [0.25, 0.3) is 73.4 Å². The lowest BCUT2D eigenvalue weighted by atomic mass is 10.00. The maximum absolute atomic E-state index is 2.41. The molecule has 3 heteroatoms. The fourth-order valence-electron chi connectivity index (χ4n) is 7.22. The molecule has 0 radical (unpaired) electrons. The molecule has 0 N–H and O–H groups in total. The summed E-state index contributed by atoms with van der Waals surface area (Å²) >= 11 is 3.72. The molecule has 0 aliphatic heterocycles. The van der Waals surface area contributed by atoms with Crippen LogP contribution in [-0.2, 0) is 0 Å². The van der Waals surface area contributed by atoms with Gasteiger partial charge in [0.25, 0.3) is 0 Å². The number of anilines is 3. The largest absolute Gasteiger partial charge is 0.310 e. The molecule has 10 rings (SSSR count). The molecule has 2 heterocycles. The predicted molar refractivity (Wildman–Crippen MR) is 215 cm³/mol. The van der Waals surface area contributed by atoms with E-state index >= 15 is 0 Å². The van der Waals surface area contributed by atoms with Crippen molar-refractivity contribution in [1.82, 2.24) is 0 Å². The fraction of sp³-hybridized carbons (Fsp3) is 0. The summed E-state index contributed by atoms with van der Waals surface area (Å²) in [5.74, 6) is 0. The summed E-state index contributed by atoms with van der Waals surface area (Å²) in [5.41, 5.74) is 8.24. The van der Waals surface area contributed by atoms with Crippen molar-refractivity contribution in [3.05, 3.63) is 176 Å². The summed E-state index contributed by atoms with van der Waals surface area (Å²) in [7, 11) is 0. The van der Waals surface area contributed by atoms with Crippen molar-refractivity contribution in [2.75, 3.05) is 4.90 Å². The van der Waals surface area contributed by atoms with Gasteiger partial charge in [-0.15, -0.1) is 22.7 Å². The number of thiophene rings is 2. The van der Waals surface area contributed by atoms with Crippen LogP contribution < -0.4 is 4.90 Å². The maximum Gasteiger partial charge on any atom is 0.0476 e. The van der Waals surface area contributed by atoms with E-state index in [-0.39, 0.29) is 0 Å². The van der Waals surface area contributed by atoms with Crippen molar-refractivity contribution < 1.29 is 0 Å². The summed E-state index contributed by atoms with van der Waals surface area (Å²) in [6.45, 7) is 0. The average molecular weight is 660 g/mol. The van der Waals surface area contributed by atoms with E-state index in [1.807, 2.05) is 22.7 Å². The number of nitrogens with zero attached hydrogens (tertiary/aromatic N) is 1. The predicted octanol–water partition coefficient (Wildman–Crippen LogP) is 14.4. The number of hydrogen-bond donors (Lipinski definition) is 0. The number of fused-ring (bicyclic) bond motifs is 7. The van der Waals surface area contributed by atoms with Crippen LogP contribution in [0, 0.1) is 0 Å². The smallest absolute Gasteiger partial charge is 0.0476 e. The number of benzene rings is 8. The van der Waals surface area contributed by atoms with Gasteiger partial charge in [0.2, 0.25) is 0 Å². The van der Waals surface area contributed by atoms with Gasteiger partial charge in [-0.25, -0.2) is 0 Å². The molecular weight excluding hydrogens is 631 g/mol. The van der Waals surface area contributed by atoms with Gasteiger partial charge in [-0.1, -0.05) is 109 Å². The molecule has 230 valence electrons. The van der Waals surface area contributed by atoms with Gasteiger partial charge in [-0.05, 0) is 99.8 Å². The van der Waals surface area contributed by atoms with E-state index in [1.165, 1.54) is 73.4 Å². The molecule has 0 amide bonds. The third-order valence-electron chi connectivity index (χ3n) is 9.62. The summed E-state index contributed by atoms with van der Waals surface area (Å²) in [5, 5.41) is 7.77. The topological polar surface area (TPSA) is 3.24 Å². The van der Waals surface area contributed by atoms with Crippen LogP contribution >= 0.6 is 22.7 Å². The summed E-state index contributed by atoms with van der Waals surface area (Å²) in [6, 6.07) is 64.6. The molecule has 0 saturated carbocycles. The Bertz CT molecular complexity index is 2860. The fourth-order valence-corrected chi connectivity index (χ4v) is 9.45. The van der Waals surface area contributed by atoms with E-state index in [2.05, 4.69) is 181 Å². The second-order valence-corrected chi connectivity index (χ2v) is 14.8. The molecule has 0 saturated heterocycles. The summed E-state index contributed by atoms with van der Waals surface area (Å²) < 4.78 is 5.26. The molecule has 0 unspecified atom stereocenters. The van der Waals surface area contributed by atoms with Gasteiger partial charge in [0.05, 0.1) is 0 Å². The summed E-state index contributed by atoms with van der Waals surface area (Å²) in [6.07, 6.45) is 0. The second-order valence-electron chi connectivity index (χ2n) is 12.6. The van der Waals surface area contributed by atoms with Gasteiger partial charge in [0.1, 0.15) is 0 Å². The van der Waals surface area contributed by atoms with E-state index in [0.29, 0.717) is 0 Å². The van der Waals surface area contributed by atoms with Crippen LogP contribution in [0.15, 0.2) is 176 Å². The molecule has 0 bridgehead atoms. The van der Waals surface area contributed by atoms with Gasteiger partial charge >= 0.3 is 0 Å². The van der Waals surface area contributed by atoms with E-state index in [0.717, 1.165) is 17.1 Å². The Morgan fingerprint density at radius 3 is 1.57 bits per heavy atom. The van der Waals surface area contributed by atoms with Crippen LogP contribution in [-0.4, -0.2) is 0 Å². The standard InChI is InChI=1S/C46H29NS2/c1-2-10-31-25-34(20-19-30(31)9-1)32-11-7-13-36(26-32)47(38-22-23-41-39-15-3-5-17-43(39)49-46(41)29-38)37-14-8-12-33(27-37)35-21-24-45-42(28-35)40-16-4-6-18-44(40)48-45/h1-29H. The van der Waals surface area contributed by atoms with Crippen LogP contribution in [0.5, 0.6) is 0 Å². The quantitative estimate of drug-likeness (QED) is 0.178. The lowest BCUT2D eigenvalue weighted by molar-refractivity contribution is 1.29. The van der Waals surface area contributed by atoms with Gasteiger partial charge in [0.15, 0.2) is 0 Å². The lowest BCUT2D eigenvalue weighted by Crippen LogP contribution is -2.10. The highest BCUT2D eigenvalue weighted by Gasteiger charge is 2.17. The highest BCUT2D eigenvalue weighted by atomic mass is 32.1. The molecule has 0 spiro atoms. The molecule has 1 nitrogen and oxygen atoms in total. The first kappa shape index (κ1) is 28.3. The third kappa shape index (κ3) is 4.90. The molecule has 0 aliphatic carbocycles. The molecule has 49 heavy (non-hydrogen) atoms. The molecule has 0 atom stereocenters. The van der Waals surface area contributed by atoms with Crippen molar-refractivity contribution in [2.24, 2.45) is 0 Å². The highest BCUT2D eigenvalue weighted by Crippen LogP contribution is 2.43. The monoisotopic (exact) mass is 659 g/mol. The van der Waals surface area contributed by atoms with Crippen molar-refractivity contribution in [1.29, 1.82) is 0 Å². The molecule has 0 aliphatic rings. The second kappa shape index (κ2) is 11.5. The first-order valence-electron chi connectivity index (χ1n) is 16.6.